The van der Waals surface area contributed by atoms with Crippen LogP contribution < -0.4 is 0 Å². The first-order valence-corrected chi connectivity index (χ1v) is 7.84. The number of benzene rings is 2. The minimum absolute atomic E-state index is 0.239. The number of aromatic amines is 1. The molecule has 3 aromatic rings. The van der Waals surface area contributed by atoms with Crippen molar-refractivity contribution >= 4 is 17.5 Å². The van der Waals surface area contributed by atoms with Gasteiger partial charge in [0.15, 0.2) is 0 Å². The molecule has 2 aromatic carbocycles. The number of nitrogens with zero attached hydrogens (tertiary/aromatic N) is 1. The van der Waals surface area contributed by atoms with E-state index in [9.17, 15) is 4.79 Å². The summed E-state index contributed by atoms with van der Waals surface area (Å²) in [5.41, 5.74) is 4.19. The van der Waals surface area contributed by atoms with Crippen LogP contribution in [0.3, 0.4) is 0 Å². The maximum atomic E-state index is 12.6. The molecule has 4 nitrogen and oxygen atoms in total. The van der Waals surface area contributed by atoms with Crippen molar-refractivity contribution in [3.63, 3.8) is 0 Å². The van der Waals surface area contributed by atoms with E-state index in [2.05, 4.69) is 4.98 Å². The molecule has 5 heteroatoms. The number of hydroxylamine groups is 2. The summed E-state index contributed by atoms with van der Waals surface area (Å²) < 4.78 is 0. The van der Waals surface area contributed by atoms with Crippen LogP contribution in [-0.2, 0) is 4.84 Å². The van der Waals surface area contributed by atoms with Gasteiger partial charge in [-0.3, -0.25) is 9.63 Å². The molecule has 0 fully saturated rings. The maximum absolute atomic E-state index is 12.6. The topological polar surface area (TPSA) is 45.3 Å². The Morgan fingerprint density at radius 2 is 1.71 bits per heavy atom. The molecule has 0 atom stereocenters. The molecule has 24 heavy (non-hydrogen) atoms. The Hall–Kier alpha value is -2.56. The molecule has 3 rings (SSSR count). The van der Waals surface area contributed by atoms with Crippen LogP contribution in [0, 0.1) is 0 Å². The Balaban J connectivity index is 2.18. The maximum Gasteiger partial charge on any atom is 0.294 e. The Kier molecular flexibility index (Phi) is 4.69. The van der Waals surface area contributed by atoms with Crippen molar-refractivity contribution in [3.8, 4) is 22.3 Å². The van der Waals surface area contributed by atoms with Crippen molar-refractivity contribution in [2.24, 2.45) is 0 Å². The third kappa shape index (κ3) is 3.07. The summed E-state index contributed by atoms with van der Waals surface area (Å²) in [6, 6.07) is 17.3. The number of carbonyl (C=O) groups is 1. The molecule has 1 N–H and O–H groups in total. The Morgan fingerprint density at radius 3 is 2.33 bits per heavy atom. The number of hydrogen-bond acceptors (Lipinski definition) is 2. The average Bonchev–Trinajstić information content (AvgIpc) is 3.06. The summed E-state index contributed by atoms with van der Waals surface area (Å²) in [7, 11) is 3.04. The first-order chi connectivity index (χ1) is 11.6. The molecule has 0 saturated carbocycles. The van der Waals surface area contributed by atoms with Gasteiger partial charge in [0.2, 0.25) is 0 Å². The first-order valence-electron chi connectivity index (χ1n) is 7.46. The minimum atomic E-state index is -0.239. The van der Waals surface area contributed by atoms with Crippen LogP contribution in [0.25, 0.3) is 22.3 Å². The fourth-order valence-electron chi connectivity index (χ4n) is 2.59. The molecular formula is C19H17ClN2O2. The molecule has 0 radical (unpaired) electrons. The molecular weight excluding hydrogens is 324 g/mol. The normalized spacial score (nSPS) is 10.6. The van der Waals surface area contributed by atoms with Crippen molar-refractivity contribution in [2.45, 2.75) is 0 Å². The van der Waals surface area contributed by atoms with E-state index in [4.69, 9.17) is 16.4 Å². The third-order valence-corrected chi connectivity index (χ3v) is 4.12. The standard InChI is InChI=1S/C19H17ClN2O2/c1-22(24-2)19(23)18-17(14-6-4-3-5-7-14)16(12-21-18)13-8-10-15(20)11-9-13/h3-12,21H,1-2H3. The number of halogens is 1. The molecule has 0 bridgehead atoms. The van der Waals surface area contributed by atoms with Crippen LogP contribution in [0.15, 0.2) is 60.8 Å². The van der Waals surface area contributed by atoms with E-state index in [1.807, 2.05) is 60.8 Å². The number of rotatable bonds is 4. The van der Waals surface area contributed by atoms with Crippen LogP contribution in [0.1, 0.15) is 10.5 Å². The highest BCUT2D eigenvalue weighted by molar-refractivity contribution is 6.30. The summed E-state index contributed by atoms with van der Waals surface area (Å²) in [5.74, 6) is -0.239. The van der Waals surface area contributed by atoms with E-state index in [1.54, 1.807) is 7.05 Å². The molecule has 0 spiro atoms. The summed E-state index contributed by atoms with van der Waals surface area (Å²) in [5, 5.41) is 1.87. The summed E-state index contributed by atoms with van der Waals surface area (Å²) >= 11 is 5.99. The van der Waals surface area contributed by atoms with Crippen molar-refractivity contribution in [3.05, 3.63) is 71.5 Å². The summed E-state index contributed by atoms with van der Waals surface area (Å²) in [4.78, 5) is 20.7. The van der Waals surface area contributed by atoms with E-state index in [0.29, 0.717) is 10.7 Å². The quantitative estimate of drug-likeness (QED) is 0.703. The minimum Gasteiger partial charge on any atom is -0.356 e. The number of aromatic nitrogens is 1. The SMILES string of the molecule is CON(C)C(=O)c1[nH]cc(-c2ccc(Cl)cc2)c1-c1ccccc1. The third-order valence-electron chi connectivity index (χ3n) is 3.87. The van der Waals surface area contributed by atoms with Gasteiger partial charge in [0.1, 0.15) is 5.69 Å². The number of nitrogens with one attached hydrogen (secondary N) is 1. The first kappa shape index (κ1) is 16.3. The Labute approximate surface area is 145 Å². The zero-order valence-corrected chi connectivity index (χ0v) is 14.2. The van der Waals surface area contributed by atoms with E-state index in [-0.39, 0.29) is 5.91 Å². The lowest BCUT2D eigenvalue weighted by Crippen LogP contribution is -2.26. The van der Waals surface area contributed by atoms with E-state index in [0.717, 1.165) is 22.3 Å². The molecule has 0 aliphatic heterocycles. The monoisotopic (exact) mass is 340 g/mol. The van der Waals surface area contributed by atoms with Crippen molar-refractivity contribution in [2.75, 3.05) is 14.2 Å². The van der Waals surface area contributed by atoms with Gasteiger partial charge >= 0.3 is 0 Å². The molecule has 0 aliphatic carbocycles. The second kappa shape index (κ2) is 6.91. The second-order valence-corrected chi connectivity index (χ2v) is 5.75. The molecule has 0 saturated heterocycles. The number of H-pyrrole nitrogens is 1. The van der Waals surface area contributed by atoms with Gasteiger partial charge in [0.05, 0.1) is 7.11 Å². The Bertz CT molecular complexity index is 842. The van der Waals surface area contributed by atoms with Crippen molar-refractivity contribution in [1.29, 1.82) is 0 Å². The molecule has 0 aliphatic rings. The molecule has 1 heterocycles. The second-order valence-electron chi connectivity index (χ2n) is 5.31. The lowest BCUT2D eigenvalue weighted by molar-refractivity contribution is -0.0759. The van der Waals surface area contributed by atoms with Crippen LogP contribution in [0.2, 0.25) is 5.02 Å². The van der Waals surface area contributed by atoms with Crippen molar-refractivity contribution < 1.29 is 9.63 Å². The molecule has 122 valence electrons. The summed E-state index contributed by atoms with van der Waals surface area (Å²) in [6.07, 6.45) is 1.84. The fourth-order valence-corrected chi connectivity index (χ4v) is 2.72. The van der Waals surface area contributed by atoms with Gasteiger partial charge in [0.25, 0.3) is 5.91 Å². The molecule has 1 amide bonds. The van der Waals surface area contributed by atoms with E-state index < -0.39 is 0 Å². The van der Waals surface area contributed by atoms with Crippen LogP contribution in [0.5, 0.6) is 0 Å². The number of carbonyl (C=O) groups excluding carboxylic acids is 1. The highest BCUT2D eigenvalue weighted by Gasteiger charge is 2.22. The fraction of sp³-hybridized carbons (Fsp3) is 0.105. The lowest BCUT2D eigenvalue weighted by atomic mass is 9.96. The lowest BCUT2D eigenvalue weighted by Gasteiger charge is -2.14. The average molecular weight is 341 g/mol. The highest BCUT2D eigenvalue weighted by atomic mass is 35.5. The van der Waals surface area contributed by atoms with Crippen LogP contribution in [0.4, 0.5) is 0 Å². The zero-order chi connectivity index (χ0) is 17.1. The Morgan fingerprint density at radius 1 is 1.04 bits per heavy atom. The van der Waals surface area contributed by atoms with Crippen LogP contribution >= 0.6 is 11.6 Å². The van der Waals surface area contributed by atoms with Gasteiger partial charge in [-0.05, 0) is 23.3 Å². The predicted molar refractivity (Wildman–Crippen MR) is 95.8 cm³/mol. The smallest absolute Gasteiger partial charge is 0.294 e. The highest BCUT2D eigenvalue weighted by Crippen LogP contribution is 2.36. The van der Waals surface area contributed by atoms with Crippen LogP contribution in [-0.4, -0.2) is 30.1 Å². The predicted octanol–water partition coefficient (Wildman–Crippen LogP) is 4.64. The number of hydrogen-bond donors (Lipinski definition) is 1. The molecule has 0 unspecified atom stereocenters. The van der Waals surface area contributed by atoms with E-state index >= 15 is 0 Å². The zero-order valence-electron chi connectivity index (χ0n) is 13.4. The largest absolute Gasteiger partial charge is 0.356 e. The van der Waals surface area contributed by atoms with Gasteiger partial charge in [-0.25, -0.2) is 5.06 Å². The van der Waals surface area contributed by atoms with Gasteiger partial charge in [-0.15, -0.1) is 0 Å². The van der Waals surface area contributed by atoms with Crippen molar-refractivity contribution in [1.82, 2.24) is 10.0 Å². The van der Waals surface area contributed by atoms with E-state index in [1.165, 1.54) is 12.2 Å². The number of amides is 1. The van der Waals surface area contributed by atoms with Gasteiger partial charge in [-0.1, -0.05) is 54.1 Å². The summed E-state index contributed by atoms with van der Waals surface area (Å²) in [6.45, 7) is 0. The van der Waals surface area contributed by atoms with Gasteiger partial charge in [0, 0.05) is 29.4 Å². The van der Waals surface area contributed by atoms with Gasteiger partial charge < -0.3 is 4.98 Å². The van der Waals surface area contributed by atoms with Gasteiger partial charge in [-0.2, -0.15) is 0 Å². The molecule has 1 aromatic heterocycles.